The van der Waals surface area contributed by atoms with Crippen molar-refractivity contribution in [2.45, 2.75) is 6.54 Å². The van der Waals surface area contributed by atoms with Crippen molar-refractivity contribution in [3.63, 3.8) is 0 Å². The Morgan fingerprint density at radius 3 is 2.88 bits per heavy atom. The quantitative estimate of drug-likeness (QED) is 0.869. The van der Waals surface area contributed by atoms with Crippen LogP contribution in [0.2, 0.25) is 0 Å². The summed E-state index contributed by atoms with van der Waals surface area (Å²) in [5.74, 6) is -0.204. The lowest BCUT2D eigenvalue weighted by molar-refractivity contribution is 0.0782. The van der Waals surface area contributed by atoms with Gasteiger partial charge in [-0.3, -0.25) is 9.78 Å². The highest BCUT2D eigenvalue weighted by Gasteiger charge is 2.16. The first kappa shape index (κ1) is 11.5. The molecule has 0 aliphatic heterocycles. The third-order valence-corrected chi connectivity index (χ3v) is 2.84. The van der Waals surface area contributed by atoms with Crippen molar-refractivity contribution in [1.29, 1.82) is 0 Å². The Morgan fingerprint density at radius 2 is 2.29 bits per heavy atom. The van der Waals surface area contributed by atoms with Crippen LogP contribution in [0.5, 0.6) is 0 Å². The molecule has 2 heterocycles. The van der Waals surface area contributed by atoms with Crippen LogP contribution in [0.4, 0.5) is 5.13 Å². The number of hydrogen-bond acceptors (Lipinski definition) is 6. The standard InChI is InChI=1S/C10H11N5OS/c1-15(6-7-4-2-3-5-12-7)9(16)8-13-14-10(11)17-8/h2-5H,6H2,1H3,(H2,11,14). The lowest BCUT2D eigenvalue weighted by Gasteiger charge is -2.14. The Morgan fingerprint density at radius 1 is 1.47 bits per heavy atom. The van der Waals surface area contributed by atoms with Crippen molar-refractivity contribution in [3.8, 4) is 0 Å². The molecule has 2 N–H and O–H groups in total. The first-order valence-electron chi connectivity index (χ1n) is 4.91. The van der Waals surface area contributed by atoms with E-state index >= 15 is 0 Å². The van der Waals surface area contributed by atoms with Crippen LogP contribution >= 0.6 is 11.3 Å². The van der Waals surface area contributed by atoms with Crippen LogP contribution in [0.25, 0.3) is 0 Å². The smallest absolute Gasteiger partial charge is 0.284 e. The fourth-order valence-corrected chi connectivity index (χ4v) is 1.90. The number of amides is 1. The summed E-state index contributed by atoms with van der Waals surface area (Å²) in [6.07, 6.45) is 1.69. The number of nitrogen functional groups attached to an aromatic ring is 1. The summed E-state index contributed by atoms with van der Waals surface area (Å²) in [7, 11) is 1.69. The van der Waals surface area contributed by atoms with Crippen LogP contribution in [-0.4, -0.2) is 33.0 Å². The molecule has 0 aromatic carbocycles. The van der Waals surface area contributed by atoms with Gasteiger partial charge >= 0.3 is 0 Å². The molecule has 0 atom stereocenters. The maximum Gasteiger partial charge on any atom is 0.284 e. The second-order valence-corrected chi connectivity index (χ2v) is 4.44. The molecule has 0 aliphatic carbocycles. The Hall–Kier alpha value is -2.02. The van der Waals surface area contributed by atoms with Crippen molar-refractivity contribution in [2.75, 3.05) is 12.8 Å². The van der Waals surface area contributed by atoms with Crippen LogP contribution in [-0.2, 0) is 6.54 Å². The molecule has 0 bridgehead atoms. The van der Waals surface area contributed by atoms with Gasteiger partial charge in [0.2, 0.25) is 10.1 Å². The molecular weight excluding hydrogens is 238 g/mol. The molecule has 0 saturated carbocycles. The van der Waals surface area contributed by atoms with Gasteiger partial charge in [0.25, 0.3) is 5.91 Å². The maximum absolute atomic E-state index is 11.9. The summed E-state index contributed by atoms with van der Waals surface area (Å²) >= 11 is 1.08. The number of nitrogens with two attached hydrogens (primary N) is 1. The van der Waals surface area contributed by atoms with E-state index in [1.165, 1.54) is 4.90 Å². The molecule has 17 heavy (non-hydrogen) atoms. The molecule has 0 radical (unpaired) electrons. The molecule has 6 nitrogen and oxygen atoms in total. The zero-order valence-electron chi connectivity index (χ0n) is 9.20. The first-order valence-corrected chi connectivity index (χ1v) is 5.73. The van der Waals surface area contributed by atoms with E-state index in [4.69, 9.17) is 5.73 Å². The van der Waals surface area contributed by atoms with Gasteiger partial charge in [0.05, 0.1) is 12.2 Å². The normalized spacial score (nSPS) is 10.2. The number of pyridine rings is 1. The summed E-state index contributed by atoms with van der Waals surface area (Å²) in [4.78, 5) is 17.6. The highest BCUT2D eigenvalue weighted by molar-refractivity contribution is 7.16. The van der Waals surface area contributed by atoms with Crippen LogP contribution in [0.3, 0.4) is 0 Å². The van der Waals surface area contributed by atoms with E-state index in [0.717, 1.165) is 17.0 Å². The van der Waals surface area contributed by atoms with E-state index < -0.39 is 0 Å². The Kier molecular flexibility index (Phi) is 3.29. The molecule has 88 valence electrons. The third-order valence-electron chi connectivity index (χ3n) is 2.10. The zero-order valence-corrected chi connectivity index (χ0v) is 10.0. The predicted molar refractivity (Wildman–Crippen MR) is 64.4 cm³/mol. The van der Waals surface area contributed by atoms with E-state index in [0.29, 0.717) is 16.7 Å². The second kappa shape index (κ2) is 4.88. The van der Waals surface area contributed by atoms with Crippen molar-refractivity contribution >= 4 is 22.4 Å². The highest BCUT2D eigenvalue weighted by Crippen LogP contribution is 2.13. The van der Waals surface area contributed by atoms with Crippen LogP contribution in [0.1, 0.15) is 15.5 Å². The molecule has 0 fully saturated rings. The average molecular weight is 249 g/mol. The molecule has 2 aromatic heterocycles. The van der Waals surface area contributed by atoms with Crippen LogP contribution in [0.15, 0.2) is 24.4 Å². The number of anilines is 1. The summed E-state index contributed by atoms with van der Waals surface area (Å²) in [5, 5.41) is 7.90. The van der Waals surface area contributed by atoms with Gasteiger partial charge in [0, 0.05) is 13.2 Å². The van der Waals surface area contributed by atoms with Crippen LogP contribution < -0.4 is 5.73 Å². The van der Waals surface area contributed by atoms with Gasteiger partial charge in [-0.05, 0) is 12.1 Å². The van der Waals surface area contributed by atoms with Gasteiger partial charge in [0.1, 0.15) is 0 Å². The minimum atomic E-state index is -0.204. The molecule has 0 spiro atoms. The number of rotatable bonds is 3. The predicted octanol–water partition coefficient (Wildman–Crippen LogP) is 0.788. The van der Waals surface area contributed by atoms with E-state index in [-0.39, 0.29) is 5.91 Å². The topological polar surface area (TPSA) is 85.0 Å². The fraction of sp³-hybridized carbons (Fsp3) is 0.200. The molecule has 2 rings (SSSR count). The van der Waals surface area contributed by atoms with E-state index in [9.17, 15) is 4.79 Å². The second-order valence-electron chi connectivity index (χ2n) is 3.43. The van der Waals surface area contributed by atoms with Gasteiger partial charge in [-0.2, -0.15) is 0 Å². The Bertz CT molecular complexity index is 512. The molecule has 0 saturated heterocycles. The highest BCUT2D eigenvalue weighted by atomic mass is 32.1. The third kappa shape index (κ3) is 2.76. The maximum atomic E-state index is 11.9. The van der Waals surface area contributed by atoms with E-state index in [1.807, 2.05) is 18.2 Å². The lowest BCUT2D eigenvalue weighted by atomic mass is 10.3. The summed E-state index contributed by atoms with van der Waals surface area (Å²) in [5.41, 5.74) is 6.25. The van der Waals surface area contributed by atoms with Crippen LogP contribution in [0, 0.1) is 0 Å². The van der Waals surface area contributed by atoms with Crippen molar-refractivity contribution in [1.82, 2.24) is 20.1 Å². The van der Waals surface area contributed by atoms with Crippen molar-refractivity contribution in [2.24, 2.45) is 0 Å². The molecule has 7 heteroatoms. The Balaban J connectivity index is 2.06. The zero-order chi connectivity index (χ0) is 12.3. The average Bonchev–Trinajstić information content (AvgIpc) is 2.76. The number of nitrogens with zero attached hydrogens (tertiary/aromatic N) is 4. The molecular formula is C10H11N5OS. The Labute approximate surface area is 102 Å². The van der Waals surface area contributed by atoms with Gasteiger partial charge in [-0.1, -0.05) is 17.4 Å². The minimum absolute atomic E-state index is 0.204. The van der Waals surface area contributed by atoms with Crippen molar-refractivity contribution < 1.29 is 4.79 Å². The first-order chi connectivity index (χ1) is 8.16. The van der Waals surface area contributed by atoms with Gasteiger partial charge in [-0.25, -0.2) is 0 Å². The monoisotopic (exact) mass is 249 g/mol. The minimum Gasteiger partial charge on any atom is -0.374 e. The van der Waals surface area contributed by atoms with E-state index in [2.05, 4.69) is 15.2 Å². The number of carbonyl (C=O) groups excluding carboxylic acids is 1. The SMILES string of the molecule is CN(Cc1ccccn1)C(=O)c1nnc(N)s1. The summed E-state index contributed by atoms with van der Waals surface area (Å²) in [6, 6.07) is 5.57. The molecule has 0 unspecified atom stereocenters. The number of hydrogen-bond donors (Lipinski definition) is 1. The largest absolute Gasteiger partial charge is 0.374 e. The fourth-order valence-electron chi connectivity index (χ4n) is 1.29. The van der Waals surface area contributed by atoms with Gasteiger partial charge in [-0.15, -0.1) is 10.2 Å². The van der Waals surface area contributed by atoms with E-state index in [1.54, 1.807) is 13.2 Å². The molecule has 2 aromatic rings. The van der Waals surface area contributed by atoms with Gasteiger partial charge in [0.15, 0.2) is 0 Å². The molecule has 0 aliphatic rings. The summed E-state index contributed by atoms with van der Waals surface area (Å²) in [6.45, 7) is 0.430. The summed E-state index contributed by atoms with van der Waals surface area (Å²) < 4.78 is 0. The molecule has 1 amide bonds. The lowest BCUT2D eigenvalue weighted by Crippen LogP contribution is -2.26. The number of carbonyl (C=O) groups is 1. The number of aromatic nitrogens is 3. The van der Waals surface area contributed by atoms with Gasteiger partial charge < -0.3 is 10.6 Å². The van der Waals surface area contributed by atoms with Crippen molar-refractivity contribution in [3.05, 3.63) is 35.1 Å².